The zero-order valence-electron chi connectivity index (χ0n) is 25.4. The molecular formula is C31H39B5O5P. The maximum atomic E-state index is 8.12. The molecule has 0 atom stereocenters. The van der Waals surface area contributed by atoms with Crippen molar-refractivity contribution in [2.75, 3.05) is 20.3 Å². The Morgan fingerprint density at radius 3 is 1.31 bits per heavy atom. The van der Waals surface area contributed by atoms with Crippen molar-refractivity contribution in [1.82, 2.24) is 0 Å². The van der Waals surface area contributed by atoms with Crippen molar-refractivity contribution in [2.45, 2.75) is 34.1 Å². The van der Waals surface area contributed by atoms with Gasteiger partial charge < -0.3 is 9.62 Å². The molecule has 0 saturated heterocycles. The van der Waals surface area contributed by atoms with Gasteiger partial charge in [-0.15, -0.1) is 0 Å². The molecule has 3 aromatic carbocycles. The molecule has 0 aliphatic heterocycles. The van der Waals surface area contributed by atoms with E-state index in [0.29, 0.717) is 6.61 Å². The van der Waals surface area contributed by atoms with Crippen LogP contribution in [0.15, 0.2) is 109 Å². The summed E-state index contributed by atoms with van der Waals surface area (Å²) in [4.78, 5) is 26.5. The second-order valence-electron chi connectivity index (χ2n) is 7.26. The molecule has 0 spiro atoms. The van der Waals surface area contributed by atoms with Gasteiger partial charge in [-0.3, -0.25) is 0 Å². The van der Waals surface area contributed by atoms with E-state index in [-0.39, 0.29) is 6.15 Å². The minimum atomic E-state index is -2.10. The largest absolute Gasteiger partial charge is 0.385 e. The lowest BCUT2D eigenvalue weighted by atomic mass is 9.40. The fraction of sp³-hybridized carbons (Fsp3) is 0.258. The first-order chi connectivity index (χ1) is 20.5. The molecule has 0 unspecified atom stereocenters. The zero-order valence-corrected chi connectivity index (χ0v) is 26.3. The van der Waals surface area contributed by atoms with Crippen LogP contribution in [0.1, 0.15) is 34.1 Å². The van der Waals surface area contributed by atoms with Crippen LogP contribution in [0.3, 0.4) is 0 Å². The normalized spacial score (nSPS) is 8.88. The molecule has 5 nitrogen and oxygen atoms in total. The number of carbonyl (C=O) groups excluding carboxylic acids is 2. The first kappa shape index (κ1) is 43.4. The van der Waals surface area contributed by atoms with Crippen molar-refractivity contribution in [2.24, 2.45) is 0 Å². The summed E-state index contributed by atoms with van der Waals surface area (Å²) in [6.07, 6.45) is 7.15. The average molecular weight is 577 g/mol. The highest BCUT2D eigenvalue weighted by molar-refractivity contribution is 7.94. The van der Waals surface area contributed by atoms with Crippen LogP contribution >= 0.6 is 6.89 Å². The van der Waals surface area contributed by atoms with Crippen LogP contribution in [-0.4, -0.2) is 69.9 Å². The summed E-state index contributed by atoms with van der Waals surface area (Å²) in [7, 11) is 19.7. The van der Waals surface area contributed by atoms with Crippen LogP contribution < -0.4 is 15.9 Å². The minimum absolute atomic E-state index is 0.250. The molecule has 3 rings (SSSR count). The lowest BCUT2D eigenvalue weighted by Crippen LogP contribution is -2.25. The SMILES string of the molecule is C/C=C/CC.CCOC.CCOOC=C=P(c1ccccc1)(c1ccccc1)c1ccccc1.O=C=O.[B][B].[B][B][B]. The minimum Gasteiger partial charge on any atom is -0.385 e. The van der Waals surface area contributed by atoms with E-state index in [2.05, 4.69) is 133 Å². The molecule has 11 heteroatoms. The number of hydrogen-bond acceptors (Lipinski definition) is 5. The van der Waals surface area contributed by atoms with Crippen molar-refractivity contribution >= 4 is 72.4 Å². The lowest BCUT2D eigenvalue weighted by Gasteiger charge is -2.25. The van der Waals surface area contributed by atoms with E-state index in [1.54, 1.807) is 13.4 Å². The predicted molar refractivity (Wildman–Crippen MR) is 184 cm³/mol. The van der Waals surface area contributed by atoms with E-state index in [9.17, 15) is 0 Å². The van der Waals surface area contributed by atoms with Crippen LogP contribution in [0.5, 0.6) is 0 Å². The van der Waals surface area contributed by atoms with Crippen LogP contribution in [0.2, 0.25) is 0 Å². The molecule has 42 heavy (non-hydrogen) atoms. The molecule has 0 amide bonds. The zero-order chi connectivity index (χ0) is 32.3. The first-order valence-corrected chi connectivity index (χ1v) is 14.9. The van der Waals surface area contributed by atoms with E-state index in [4.69, 9.17) is 19.4 Å². The van der Waals surface area contributed by atoms with Gasteiger partial charge in [-0.05, 0) is 43.1 Å². The summed E-state index contributed by atoms with van der Waals surface area (Å²) >= 11 is 0. The maximum absolute atomic E-state index is 8.12. The Morgan fingerprint density at radius 1 is 0.762 bits per heavy atom. The third-order valence-electron chi connectivity index (χ3n) is 4.67. The summed E-state index contributed by atoms with van der Waals surface area (Å²) in [5, 5.41) is 3.68. The molecule has 9 radical (unpaired) electrons. The summed E-state index contributed by atoms with van der Waals surface area (Å²) in [5.41, 5.74) is 3.56. The molecule has 3 aromatic rings. The number of allylic oxidation sites excluding steroid dienone is 2. The van der Waals surface area contributed by atoms with Crippen molar-refractivity contribution in [3.8, 4) is 0 Å². The topological polar surface area (TPSA) is 61.8 Å². The van der Waals surface area contributed by atoms with Crippen LogP contribution in [0, 0.1) is 0 Å². The Bertz CT molecular complexity index is 1020. The van der Waals surface area contributed by atoms with Gasteiger partial charge in [0.1, 0.15) is 0 Å². The molecule has 0 fully saturated rings. The van der Waals surface area contributed by atoms with Gasteiger partial charge in [-0.2, -0.15) is 14.5 Å². The van der Waals surface area contributed by atoms with E-state index in [1.165, 1.54) is 15.9 Å². The Kier molecular flexibility index (Phi) is 35.2. The van der Waals surface area contributed by atoms with Crippen molar-refractivity contribution < 1.29 is 24.1 Å². The predicted octanol–water partition coefficient (Wildman–Crippen LogP) is 4.00. The monoisotopic (exact) mass is 577 g/mol. The number of hydrogen-bond donors (Lipinski definition) is 0. The number of methoxy groups -OCH3 is 1. The highest BCUT2D eigenvalue weighted by atomic mass is 31.2. The molecular weight excluding hydrogens is 537 g/mol. The fourth-order valence-electron chi connectivity index (χ4n) is 3.06. The van der Waals surface area contributed by atoms with E-state index in [1.807, 2.05) is 39.0 Å². The average Bonchev–Trinajstić information content (AvgIpc) is 3.05. The summed E-state index contributed by atoms with van der Waals surface area (Å²) in [6, 6.07) is 31.5. The quantitative estimate of drug-likeness (QED) is 0.0772. The third-order valence-corrected chi connectivity index (χ3v) is 8.38. The van der Waals surface area contributed by atoms with Gasteiger partial charge >= 0.3 is 6.15 Å². The van der Waals surface area contributed by atoms with E-state index < -0.39 is 6.89 Å². The summed E-state index contributed by atoms with van der Waals surface area (Å²) < 4.78 is 4.54. The second kappa shape index (κ2) is 34.1. The van der Waals surface area contributed by atoms with Gasteiger partial charge in [0.05, 0.1) is 6.61 Å². The van der Waals surface area contributed by atoms with Crippen LogP contribution in [-0.2, 0) is 24.1 Å². The van der Waals surface area contributed by atoms with Gasteiger partial charge in [0.2, 0.25) is 0 Å². The lowest BCUT2D eigenvalue weighted by molar-refractivity contribution is -0.243. The van der Waals surface area contributed by atoms with Gasteiger partial charge in [0.15, 0.2) is 6.26 Å². The van der Waals surface area contributed by atoms with E-state index in [0.717, 1.165) is 20.1 Å². The molecule has 0 N–H and O–H groups in total. The molecule has 213 valence electrons. The molecule has 0 saturated carbocycles. The summed E-state index contributed by atoms with van der Waals surface area (Å²) in [5.74, 6) is 0. The smallest absolute Gasteiger partial charge is 0.373 e. The molecule has 0 aliphatic carbocycles. The van der Waals surface area contributed by atoms with Crippen molar-refractivity contribution in [3.63, 3.8) is 0 Å². The molecule has 0 aromatic heterocycles. The third kappa shape index (κ3) is 19.9. The molecule has 0 aliphatic rings. The first-order valence-electron chi connectivity index (χ1n) is 13.2. The molecule has 0 heterocycles. The highest BCUT2D eigenvalue weighted by Crippen LogP contribution is 2.42. The Morgan fingerprint density at radius 2 is 1.10 bits per heavy atom. The van der Waals surface area contributed by atoms with Crippen molar-refractivity contribution in [1.29, 1.82) is 0 Å². The number of ether oxygens (including phenoxy) is 1. The van der Waals surface area contributed by atoms with Crippen LogP contribution in [0.4, 0.5) is 0 Å². The van der Waals surface area contributed by atoms with Gasteiger partial charge in [0.25, 0.3) is 0 Å². The Labute approximate surface area is 259 Å². The Balaban J connectivity index is -0.000000742. The summed E-state index contributed by atoms with van der Waals surface area (Å²) in [6.45, 7) is 7.21. The molecule has 0 bridgehead atoms. The van der Waals surface area contributed by atoms with Gasteiger partial charge in [0, 0.05) is 58.6 Å². The van der Waals surface area contributed by atoms with Gasteiger partial charge in [-0.25, -0.2) is 0 Å². The Hall–Kier alpha value is -3.10. The number of rotatable bonds is 8. The maximum Gasteiger partial charge on any atom is 0.373 e. The van der Waals surface area contributed by atoms with Gasteiger partial charge in [-0.1, -0.05) is 116 Å². The fourth-order valence-corrected chi connectivity index (χ4v) is 6.46. The van der Waals surface area contributed by atoms with Crippen LogP contribution in [0.25, 0.3) is 0 Å². The number of benzene rings is 3. The van der Waals surface area contributed by atoms with E-state index >= 15 is 0 Å². The standard InChI is InChI=1S/C22H21O2P.C5H10.C3H8O.CO2.B3.B2/c1-2-23-24-18-19-25(20-12-6-3-7-13-20,21-14-8-4-9-15-21)22-16-10-5-11-17-22;1-3-5-4-2;1-3-4-2;2-1-3;1-3-2;1-2/h3-18H,2H2,1H3;3,5H,4H2,1-2H3;3H2,1-2H3;;;/b;5-3+;;;;. The van der Waals surface area contributed by atoms with Crippen molar-refractivity contribution in [3.05, 3.63) is 109 Å². The highest BCUT2D eigenvalue weighted by Gasteiger charge is 2.24. The second-order valence-corrected chi connectivity index (χ2v) is 10.4.